The van der Waals surface area contributed by atoms with Crippen molar-refractivity contribution in [3.8, 4) is 0 Å². The molecule has 0 spiro atoms. The summed E-state index contributed by atoms with van der Waals surface area (Å²) in [5, 5.41) is 6.28. The van der Waals surface area contributed by atoms with E-state index in [2.05, 4.69) is 32.8 Å². The molecule has 0 aliphatic carbocycles. The van der Waals surface area contributed by atoms with Crippen molar-refractivity contribution in [1.29, 1.82) is 0 Å². The molecule has 10 heteroatoms. The van der Waals surface area contributed by atoms with Gasteiger partial charge in [0.2, 0.25) is 0 Å². The first-order chi connectivity index (χ1) is 20.9. The van der Waals surface area contributed by atoms with Crippen LogP contribution in [0.2, 0.25) is 0 Å². The van der Waals surface area contributed by atoms with Crippen LogP contribution in [0.25, 0.3) is 11.3 Å². The van der Waals surface area contributed by atoms with Crippen LogP contribution in [0.4, 0.5) is 11.4 Å². The van der Waals surface area contributed by atoms with Crippen molar-refractivity contribution in [1.82, 2.24) is 15.3 Å². The van der Waals surface area contributed by atoms with Crippen LogP contribution < -0.4 is 16.1 Å². The standard InChI is InChI=1S/C33H37N5O5/c1-4-37-14-16-38(17-15-37)18-19-43-36-31(39)24-10-12-25(13-11-24)34-30(23-8-6-5-7-9-23)29-27-20-22(2)26(33(41)42-3)21-28(27)35-32(29)40/h5-13,20-21,34H,4,14-19H2,1-3H3,(H,35,40)(H,36,39)/b30-29-. The average molecular weight is 584 g/mol. The lowest BCUT2D eigenvalue weighted by molar-refractivity contribution is -0.110. The maximum absolute atomic E-state index is 13.3. The Kier molecular flexibility index (Phi) is 9.51. The molecule has 2 amide bonds. The summed E-state index contributed by atoms with van der Waals surface area (Å²) in [6.45, 7) is 10.3. The smallest absolute Gasteiger partial charge is 0.338 e. The number of esters is 1. The first-order valence-electron chi connectivity index (χ1n) is 14.5. The summed E-state index contributed by atoms with van der Waals surface area (Å²) in [5.74, 6) is -1.08. The number of carbonyl (C=O) groups is 3. The van der Waals surface area contributed by atoms with Gasteiger partial charge in [0.25, 0.3) is 11.8 Å². The van der Waals surface area contributed by atoms with Crippen molar-refractivity contribution < 1.29 is 24.0 Å². The third kappa shape index (κ3) is 6.94. The number of hydrogen-bond donors (Lipinski definition) is 3. The fraction of sp³-hybridized carbons (Fsp3) is 0.303. The van der Waals surface area contributed by atoms with Crippen LogP contribution in [0.15, 0.2) is 66.7 Å². The number of methoxy groups -OCH3 is 1. The van der Waals surface area contributed by atoms with Crippen molar-refractivity contribution in [2.75, 3.05) is 63.6 Å². The highest BCUT2D eigenvalue weighted by molar-refractivity contribution is 6.37. The first kappa shape index (κ1) is 30.0. The molecular formula is C33H37N5O5. The molecule has 0 radical (unpaired) electrons. The zero-order valence-electron chi connectivity index (χ0n) is 24.7. The number of benzene rings is 3. The number of carbonyl (C=O) groups excluding carboxylic acids is 3. The van der Waals surface area contributed by atoms with E-state index < -0.39 is 5.97 Å². The molecule has 5 rings (SSSR count). The number of fused-ring (bicyclic) bond motifs is 1. The number of anilines is 2. The lowest BCUT2D eigenvalue weighted by Crippen LogP contribution is -2.47. The maximum Gasteiger partial charge on any atom is 0.338 e. The second-order valence-corrected chi connectivity index (χ2v) is 10.5. The SMILES string of the molecule is CCN1CCN(CCONC(=O)c2ccc(N/C(=C3\C(=O)Nc4cc(C(=O)OC)c(C)cc43)c3ccccc3)cc2)CC1. The van der Waals surface area contributed by atoms with Crippen molar-refractivity contribution in [2.45, 2.75) is 13.8 Å². The number of rotatable bonds is 10. The lowest BCUT2D eigenvalue weighted by Gasteiger charge is -2.33. The molecule has 3 N–H and O–H groups in total. The Labute approximate surface area is 251 Å². The van der Waals surface area contributed by atoms with Crippen LogP contribution in [-0.4, -0.2) is 80.6 Å². The molecule has 1 fully saturated rings. The quantitative estimate of drug-likeness (QED) is 0.142. The van der Waals surface area contributed by atoms with E-state index in [1.165, 1.54) is 7.11 Å². The summed E-state index contributed by atoms with van der Waals surface area (Å²) in [7, 11) is 1.33. The molecule has 224 valence electrons. The van der Waals surface area contributed by atoms with Gasteiger partial charge in [0, 0.05) is 49.5 Å². The van der Waals surface area contributed by atoms with Gasteiger partial charge in [-0.25, -0.2) is 10.3 Å². The fourth-order valence-corrected chi connectivity index (χ4v) is 5.32. The van der Waals surface area contributed by atoms with Gasteiger partial charge in [0.05, 0.1) is 36.2 Å². The highest BCUT2D eigenvalue weighted by Gasteiger charge is 2.30. The van der Waals surface area contributed by atoms with Crippen molar-refractivity contribution in [3.63, 3.8) is 0 Å². The minimum Gasteiger partial charge on any atom is -0.465 e. The average Bonchev–Trinajstić information content (AvgIpc) is 3.36. The van der Waals surface area contributed by atoms with E-state index in [1.807, 2.05) is 43.3 Å². The molecule has 43 heavy (non-hydrogen) atoms. The summed E-state index contributed by atoms with van der Waals surface area (Å²) in [4.78, 5) is 48.4. The van der Waals surface area contributed by atoms with Crippen molar-refractivity contribution in [3.05, 3.63) is 94.5 Å². The van der Waals surface area contributed by atoms with Crippen LogP contribution in [-0.2, 0) is 14.4 Å². The summed E-state index contributed by atoms with van der Waals surface area (Å²) in [5.41, 5.74) is 7.85. The molecule has 1 saturated heterocycles. The van der Waals surface area contributed by atoms with E-state index in [4.69, 9.17) is 9.57 Å². The molecular weight excluding hydrogens is 546 g/mol. The second kappa shape index (κ2) is 13.6. The zero-order chi connectivity index (χ0) is 30.3. The van der Waals surface area contributed by atoms with E-state index in [0.717, 1.165) is 44.8 Å². The number of piperazine rings is 1. The summed E-state index contributed by atoms with van der Waals surface area (Å²) < 4.78 is 4.90. The topological polar surface area (TPSA) is 112 Å². The van der Waals surface area contributed by atoms with Gasteiger partial charge >= 0.3 is 5.97 Å². The van der Waals surface area contributed by atoms with Crippen molar-refractivity contribution in [2.24, 2.45) is 0 Å². The van der Waals surface area contributed by atoms with E-state index in [1.54, 1.807) is 30.3 Å². The number of nitrogens with zero attached hydrogens (tertiary/aromatic N) is 2. The van der Waals surface area contributed by atoms with Crippen LogP contribution in [0.3, 0.4) is 0 Å². The summed E-state index contributed by atoms with van der Waals surface area (Å²) >= 11 is 0. The Morgan fingerprint density at radius 1 is 0.930 bits per heavy atom. The highest BCUT2D eigenvalue weighted by atomic mass is 16.7. The third-order valence-corrected chi connectivity index (χ3v) is 7.83. The number of amides is 2. The minimum atomic E-state index is -0.464. The van der Waals surface area contributed by atoms with Crippen LogP contribution in [0, 0.1) is 6.92 Å². The van der Waals surface area contributed by atoms with Crippen LogP contribution in [0.1, 0.15) is 44.3 Å². The van der Waals surface area contributed by atoms with Crippen LogP contribution in [0.5, 0.6) is 0 Å². The predicted octanol–water partition coefficient (Wildman–Crippen LogP) is 4.01. The molecule has 3 aromatic rings. The van der Waals surface area contributed by atoms with E-state index in [-0.39, 0.29) is 11.8 Å². The Balaban J connectivity index is 1.29. The number of likely N-dealkylation sites (N-methyl/N-ethyl adjacent to an activating group) is 1. The van der Waals surface area contributed by atoms with Gasteiger partial charge in [0.15, 0.2) is 0 Å². The lowest BCUT2D eigenvalue weighted by atomic mass is 9.96. The Hall–Kier alpha value is -4.51. The number of hydroxylamine groups is 1. The minimum absolute atomic E-state index is 0.289. The fourth-order valence-electron chi connectivity index (χ4n) is 5.32. The highest BCUT2D eigenvalue weighted by Crippen LogP contribution is 2.39. The molecule has 0 bridgehead atoms. The molecule has 0 saturated carbocycles. The van der Waals surface area contributed by atoms with Gasteiger partial charge in [-0.05, 0) is 61.0 Å². The number of ether oxygens (including phenoxy) is 1. The summed E-state index contributed by atoms with van der Waals surface area (Å²) in [6, 6.07) is 20.0. The third-order valence-electron chi connectivity index (χ3n) is 7.83. The number of hydrogen-bond acceptors (Lipinski definition) is 8. The number of nitrogens with one attached hydrogen (secondary N) is 3. The van der Waals surface area contributed by atoms with Gasteiger partial charge in [0.1, 0.15) is 0 Å². The van der Waals surface area contributed by atoms with E-state index in [0.29, 0.717) is 51.5 Å². The molecule has 0 unspecified atom stereocenters. The molecule has 3 aromatic carbocycles. The van der Waals surface area contributed by atoms with E-state index >= 15 is 0 Å². The van der Waals surface area contributed by atoms with E-state index in [9.17, 15) is 14.4 Å². The monoisotopic (exact) mass is 583 g/mol. The van der Waals surface area contributed by atoms with Crippen LogP contribution >= 0.6 is 0 Å². The molecule has 0 aromatic heterocycles. The Bertz CT molecular complexity index is 1510. The second-order valence-electron chi connectivity index (χ2n) is 10.5. The molecule has 0 atom stereocenters. The van der Waals surface area contributed by atoms with Gasteiger partial charge in [-0.2, -0.15) is 0 Å². The number of aryl methyl sites for hydroxylation is 1. The molecule has 2 aliphatic heterocycles. The first-order valence-corrected chi connectivity index (χ1v) is 14.5. The van der Waals surface area contributed by atoms with Gasteiger partial charge < -0.3 is 20.3 Å². The summed E-state index contributed by atoms with van der Waals surface area (Å²) in [6.07, 6.45) is 0. The van der Waals surface area contributed by atoms with Gasteiger partial charge in [-0.1, -0.05) is 37.3 Å². The maximum atomic E-state index is 13.3. The van der Waals surface area contributed by atoms with Gasteiger partial charge in [-0.15, -0.1) is 0 Å². The largest absolute Gasteiger partial charge is 0.465 e. The molecule has 2 aliphatic rings. The van der Waals surface area contributed by atoms with Gasteiger partial charge in [-0.3, -0.25) is 19.3 Å². The zero-order valence-corrected chi connectivity index (χ0v) is 24.7. The molecule has 10 nitrogen and oxygen atoms in total. The van der Waals surface area contributed by atoms with Crippen molar-refractivity contribution >= 4 is 40.4 Å². The Morgan fingerprint density at radius 3 is 2.30 bits per heavy atom. The Morgan fingerprint density at radius 2 is 1.63 bits per heavy atom. The normalized spacial score (nSPS) is 16.3. The molecule has 2 heterocycles. The predicted molar refractivity (Wildman–Crippen MR) is 166 cm³/mol.